The lowest BCUT2D eigenvalue weighted by Gasteiger charge is -2.63. The molecule has 4 saturated carbocycles. The van der Waals surface area contributed by atoms with E-state index in [9.17, 15) is 10.2 Å². The SMILES string of the molecule is CCC[C@@]1(O)CC[C@]2(C)C3[C@@H](CC[C@@H]2C1)C1CC[C@H]([C@@H](C)Cn2cc(C#N)cn2)[C@@]1(C)C[C@H]3O. The second kappa shape index (κ2) is 8.63. The quantitative estimate of drug-likeness (QED) is 0.595. The molecule has 34 heavy (non-hydrogen) atoms. The summed E-state index contributed by atoms with van der Waals surface area (Å²) in [6, 6.07) is 2.19. The Balaban J connectivity index is 1.35. The van der Waals surface area contributed by atoms with Gasteiger partial charge < -0.3 is 10.2 Å². The Morgan fingerprint density at radius 1 is 1.18 bits per heavy atom. The fourth-order valence-corrected chi connectivity index (χ4v) is 10.1. The monoisotopic (exact) mass is 467 g/mol. The van der Waals surface area contributed by atoms with Gasteiger partial charge in [-0.1, -0.05) is 34.1 Å². The summed E-state index contributed by atoms with van der Waals surface area (Å²) in [5, 5.41) is 36.5. The van der Waals surface area contributed by atoms with Crippen molar-refractivity contribution in [3.05, 3.63) is 18.0 Å². The van der Waals surface area contributed by atoms with Crippen LogP contribution in [0.15, 0.2) is 12.4 Å². The smallest absolute Gasteiger partial charge is 0.102 e. The summed E-state index contributed by atoms with van der Waals surface area (Å²) in [5.41, 5.74) is 0.482. The fraction of sp³-hybridized carbons (Fsp3) is 0.862. The first kappa shape index (κ1) is 24.3. The lowest BCUT2D eigenvalue weighted by atomic mass is 9.42. The largest absolute Gasteiger partial charge is 0.393 e. The summed E-state index contributed by atoms with van der Waals surface area (Å²) in [4.78, 5) is 0. The second-order valence-corrected chi connectivity index (χ2v) is 13.3. The summed E-state index contributed by atoms with van der Waals surface area (Å²) in [6.07, 6.45) is 14.0. The number of nitrogens with zero attached hydrogens (tertiary/aromatic N) is 3. The highest BCUT2D eigenvalue weighted by atomic mass is 16.3. The minimum absolute atomic E-state index is 0.163. The van der Waals surface area contributed by atoms with Gasteiger partial charge in [0.1, 0.15) is 6.07 Å². The van der Waals surface area contributed by atoms with Crippen molar-refractivity contribution in [2.75, 3.05) is 0 Å². The highest BCUT2D eigenvalue weighted by Crippen LogP contribution is 2.69. The van der Waals surface area contributed by atoms with Crippen molar-refractivity contribution >= 4 is 0 Å². The van der Waals surface area contributed by atoms with Crippen LogP contribution < -0.4 is 0 Å². The van der Waals surface area contributed by atoms with Crippen molar-refractivity contribution in [2.45, 2.75) is 110 Å². The van der Waals surface area contributed by atoms with Gasteiger partial charge in [0.15, 0.2) is 0 Å². The highest BCUT2D eigenvalue weighted by molar-refractivity contribution is 5.21. The first-order valence-electron chi connectivity index (χ1n) is 14.0. The van der Waals surface area contributed by atoms with Crippen LogP contribution in [0.3, 0.4) is 0 Å². The van der Waals surface area contributed by atoms with E-state index in [0.29, 0.717) is 41.1 Å². The normalized spacial score (nSPS) is 46.7. The average Bonchev–Trinajstić information content (AvgIpc) is 3.37. The molecule has 5 rings (SSSR count). The van der Waals surface area contributed by atoms with Gasteiger partial charge in [-0.15, -0.1) is 0 Å². The number of aromatic nitrogens is 2. The average molecular weight is 468 g/mol. The minimum atomic E-state index is -0.480. The van der Waals surface area contributed by atoms with E-state index in [1.807, 2.05) is 10.9 Å². The van der Waals surface area contributed by atoms with Crippen LogP contribution in [0.4, 0.5) is 0 Å². The van der Waals surface area contributed by atoms with Gasteiger partial charge >= 0.3 is 0 Å². The highest BCUT2D eigenvalue weighted by Gasteiger charge is 2.64. The van der Waals surface area contributed by atoms with E-state index in [-0.39, 0.29) is 16.9 Å². The summed E-state index contributed by atoms with van der Waals surface area (Å²) >= 11 is 0. The van der Waals surface area contributed by atoms with Crippen LogP contribution >= 0.6 is 0 Å². The van der Waals surface area contributed by atoms with Crippen molar-refractivity contribution in [2.24, 2.45) is 46.3 Å². The molecule has 4 fully saturated rings. The molecule has 1 heterocycles. The zero-order valence-electron chi connectivity index (χ0n) is 21.7. The minimum Gasteiger partial charge on any atom is -0.393 e. The zero-order valence-corrected chi connectivity index (χ0v) is 21.7. The Morgan fingerprint density at radius 3 is 2.68 bits per heavy atom. The lowest BCUT2D eigenvalue weighted by molar-refractivity contribution is -0.193. The van der Waals surface area contributed by atoms with Crippen LogP contribution in [0.2, 0.25) is 0 Å². The van der Waals surface area contributed by atoms with Gasteiger partial charge in [-0.2, -0.15) is 10.4 Å². The van der Waals surface area contributed by atoms with Gasteiger partial charge in [-0.25, -0.2) is 0 Å². The van der Waals surface area contributed by atoms with Gasteiger partial charge in [-0.05, 0) is 104 Å². The molecule has 5 heteroatoms. The molecule has 0 saturated heterocycles. The van der Waals surface area contributed by atoms with E-state index in [4.69, 9.17) is 5.26 Å². The summed E-state index contributed by atoms with van der Waals surface area (Å²) in [5.74, 6) is 3.27. The molecular formula is C29H45N3O2. The van der Waals surface area contributed by atoms with Gasteiger partial charge in [0.2, 0.25) is 0 Å². The molecule has 10 atom stereocenters. The number of aliphatic hydroxyl groups excluding tert-OH is 1. The Bertz CT molecular complexity index is 938. The van der Waals surface area contributed by atoms with Crippen LogP contribution in [0.1, 0.15) is 97.5 Å². The third-order valence-electron chi connectivity index (χ3n) is 11.5. The molecule has 4 aliphatic rings. The summed E-state index contributed by atoms with van der Waals surface area (Å²) in [7, 11) is 0. The van der Waals surface area contributed by atoms with Gasteiger partial charge in [-0.3, -0.25) is 4.68 Å². The number of fused-ring (bicyclic) bond motifs is 5. The van der Waals surface area contributed by atoms with E-state index in [1.54, 1.807) is 6.20 Å². The van der Waals surface area contributed by atoms with Crippen molar-refractivity contribution in [3.63, 3.8) is 0 Å². The number of hydrogen-bond acceptors (Lipinski definition) is 4. The first-order valence-corrected chi connectivity index (χ1v) is 14.0. The third-order valence-corrected chi connectivity index (χ3v) is 11.5. The molecule has 1 aromatic rings. The van der Waals surface area contributed by atoms with Crippen molar-refractivity contribution in [1.29, 1.82) is 5.26 Å². The number of nitriles is 1. The maximum absolute atomic E-state index is 11.8. The Hall–Kier alpha value is -1.38. The maximum Gasteiger partial charge on any atom is 0.102 e. The van der Waals surface area contributed by atoms with Crippen LogP contribution in [0.5, 0.6) is 0 Å². The van der Waals surface area contributed by atoms with Crippen LogP contribution in [0.25, 0.3) is 0 Å². The molecule has 0 aromatic carbocycles. The molecule has 0 spiro atoms. The molecule has 5 nitrogen and oxygen atoms in total. The van der Waals surface area contributed by atoms with E-state index >= 15 is 0 Å². The second-order valence-electron chi connectivity index (χ2n) is 13.3. The topological polar surface area (TPSA) is 82.1 Å². The molecule has 0 radical (unpaired) electrons. The summed E-state index contributed by atoms with van der Waals surface area (Å²) < 4.78 is 1.94. The number of hydrogen-bond donors (Lipinski definition) is 2. The standard InChI is InChI=1S/C29H45N3O2/c1-5-10-29(34)12-11-27(3)21(13-29)6-7-22-24-9-8-23(28(24,4)14-25(33)26(22)27)19(2)17-32-18-20(15-30)16-31-32/h16,18-19,21-26,33-34H,5-14,17H2,1-4H3/t19-,21+,22-,23+,24?,25+,26?,27-,28+,29+/m0/s1. The molecule has 1 aromatic heterocycles. The van der Waals surface area contributed by atoms with E-state index in [0.717, 1.165) is 45.1 Å². The third kappa shape index (κ3) is 3.75. The van der Waals surface area contributed by atoms with Crippen LogP contribution in [0, 0.1) is 57.7 Å². The molecule has 0 amide bonds. The van der Waals surface area contributed by atoms with Gasteiger partial charge in [0.25, 0.3) is 0 Å². The zero-order chi connectivity index (χ0) is 24.3. The molecule has 4 aliphatic carbocycles. The Kier molecular flexibility index (Phi) is 6.17. The molecule has 0 bridgehead atoms. The van der Waals surface area contributed by atoms with Crippen LogP contribution in [-0.2, 0) is 6.54 Å². The Morgan fingerprint density at radius 2 is 1.97 bits per heavy atom. The first-order chi connectivity index (χ1) is 16.1. The van der Waals surface area contributed by atoms with Crippen molar-refractivity contribution in [1.82, 2.24) is 9.78 Å². The summed E-state index contributed by atoms with van der Waals surface area (Å²) in [6.45, 7) is 10.3. The van der Waals surface area contributed by atoms with Crippen molar-refractivity contribution < 1.29 is 10.2 Å². The Labute approximate surface area is 205 Å². The van der Waals surface area contributed by atoms with E-state index in [1.165, 1.54) is 25.7 Å². The predicted octanol–water partition coefficient (Wildman–Crippen LogP) is 5.55. The predicted molar refractivity (Wildman–Crippen MR) is 133 cm³/mol. The van der Waals surface area contributed by atoms with Crippen LogP contribution in [-0.4, -0.2) is 31.7 Å². The molecule has 2 unspecified atom stereocenters. The van der Waals surface area contributed by atoms with E-state index in [2.05, 4.69) is 38.9 Å². The molecule has 188 valence electrons. The molecular weight excluding hydrogens is 422 g/mol. The fourth-order valence-electron chi connectivity index (χ4n) is 10.1. The number of aliphatic hydroxyl groups is 2. The molecule has 2 N–H and O–H groups in total. The molecule has 0 aliphatic heterocycles. The van der Waals surface area contributed by atoms with E-state index < -0.39 is 5.60 Å². The number of rotatable bonds is 5. The van der Waals surface area contributed by atoms with Gasteiger partial charge in [0.05, 0.1) is 23.5 Å². The lowest BCUT2D eigenvalue weighted by Crippen LogP contribution is -2.60. The maximum atomic E-state index is 11.8. The van der Waals surface area contributed by atoms with Gasteiger partial charge in [0, 0.05) is 12.7 Å². The van der Waals surface area contributed by atoms with Crippen molar-refractivity contribution in [3.8, 4) is 6.07 Å².